The number of aliphatic hydroxyl groups is 1. The van der Waals surface area contributed by atoms with Gasteiger partial charge in [-0.3, -0.25) is 0 Å². The van der Waals surface area contributed by atoms with Crippen molar-refractivity contribution in [2.24, 2.45) is 17.3 Å². The number of hydrogen-bond donors (Lipinski definition) is 2. The molecule has 0 aromatic rings. The molecule has 0 aromatic carbocycles. The van der Waals surface area contributed by atoms with Crippen LogP contribution in [-0.2, 0) is 0 Å². The van der Waals surface area contributed by atoms with Crippen molar-refractivity contribution in [3.05, 3.63) is 0 Å². The van der Waals surface area contributed by atoms with Crippen LogP contribution in [0.2, 0.25) is 0 Å². The Morgan fingerprint density at radius 1 is 1.24 bits per heavy atom. The fraction of sp³-hybridized carbons (Fsp3) is 1.00. The maximum Gasteiger partial charge on any atom is 0.0546 e. The zero-order chi connectivity index (χ0) is 15.5. The van der Waals surface area contributed by atoms with Gasteiger partial charge in [0.1, 0.15) is 0 Å². The molecule has 2 fully saturated rings. The molecule has 0 aromatic heterocycles. The summed E-state index contributed by atoms with van der Waals surface area (Å²) in [6.07, 6.45) is 7.51. The van der Waals surface area contributed by atoms with Crippen molar-refractivity contribution in [3.63, 3.8) is 0 Å². The first-order valence-electron chi connectivity index (χ1n) is 8.98. The maximum absolute atomic E-state index is 9.45. The average molecular weight is 296 g/mol. The van der Waals surface area contributed by atoms with Crippen molar-refractivity contribution in [1.82, 2.24) is 10.2 Å². The Morgan fingerprint density at radius 2 is 1.86 bits per heavy atom. The Labute approximate surface area is 131 Å². The van der Waals surface area contributed by atoms with Gasteiger partial charge in [0.25, 0.3) is 0 Å². The minimum absolute atomic E-state index is 0.0181. The number of nitrogens with zero attached hydrogens (tertiary/aromatic N) is 1. The highest BCUT2D eigenvalue weighted by Crippen LogP contribution is 2.39. The first-order chi connectivity index (χ1) is 9.88. The predicted octanol–water partition coefficient (Wildman–Crippen LogP) is 2.88. The van der Waals surface area contributed by atoms with Gasteiger partial charge in [0.15, 0.2) is 0 Å². The summed E-state index contributed by atoms with van der Waals surface area (Å²) in [5.41, 5.74) is 0.466. The molecule has 0 atom stereocenters. The maximum atomic E-state index is 9.45. The second-order valence-corrected chi connectivity index (χ2v) is 8.41. The van der Waals surface area contributed by atoms with Gasteiger partial charge < -0.3 is 15.3 Å². The summed E-state index contributed by atoms with van der Waals surface area (Å²) in [6, 6.07) is 0.577. The molecular weight excluding hydrogens is 260 g/mol. The number of aliphatic hydroxyl groups excluding tert-OH is 1. The fourth-order valence-corrected chi connectivity index (χ4v) is 4.11. The highest BCUT2D eigenvalue weighted by Gasteiger charge is 2.36. The molecule has 3 heteroatoms. The van der Waals surface area contributed by atoms with Crippen molar-refractivity contribution in [1.29, 1.82) is 0 Å². The first-order valence-corrected chi connectivity index (χ1v) is 8.98. The van der Waals surface area contributed by atoms with Gasteiger partial charge >= 0.3 is 0 Å². The van der Waals surface area contributed by atoms with Gasteiger partial charge in [-0.25, -0.2) is 0 Å². The SMILES string of the molecule is CC1CCC(CNC(C)C)(CN(C)CC2CC(O)C2)CC1. The van der Waals surface area contributed by atoms with Crippen LogP contribution in [0.4, 0.5) is 0 Å². The van der Waals surface area contributed by atoms with E-state index in [9.17, 15) is 5.11 Å². The molecule has 21 heavy (non-hydrogen) atoms. The Kier molecular flexibility index (Phi) is 6.10. The molecule has 0 spiro atoms. The topological polar surface area (TPSA) is 35.5 Å². The molecule has 2 saturated carbocycles. The summed E-state index contributed by atoms with van der Waals surface area (Å²) in [5.74, 6) is 1.63. The molecule has 0 unspecified atom stereocenters. The van der Waals surface area contributed by atoms with Gasteiger partial charge in [0.05, 0.1) is 6.10 Å². The first kappa shape index (κ1) is 17.2. The van der Waals surface area contributed by atoms with Crippen LogP contribution in [0.25, 0.3) is 0 Å². The molecule has 0 radical (unpaired) electrons. The van der Waals surface area contributed by atoms with E-state index in [2.05, 4.69) is 38.0 Å². The summed E-state index contributed by atoms with van der Waals surface area (Å²) in [6.45, 7) is 10.4. The molecule has 2 rings (SSSR count). The summed E-state index contributed by atoms with van der Waals surface area (Å²) < 4.78 is 0. The van der Waals surface area contributed by atoms with Crippen LogP contribution in [-0.4, -0.2) is 48.8 Å². The molecule has 2 N–H and O–H groups in total. The zero-order valence-electron chi connectivity index (χ0n) is 14.6. The van der Waals surface area contributed by atoms with E-state index in [1.165, 1.54) is 32.2 Å². The van der Waals surface area contributed by atoms with E-state index in [1.807, 2.05) is 0 Å². The van der Waals surface area contributed by atoms with E-state index in [0.717, 1.165) is 37.8 Å². The number of nitrogens with one attached hydrogen (secondary N) is 1. The predicted molar refractivity (Wildman–Crippen MR) is 89.4 cm³/mol. The molecule has 0 aliphatic heterocycles. The van der Waals surface area contributed by atoms with Crippen LogP contribution in [0.5, 0.6) is 0 Å². The van der Waals surface area contributed by atoms with E-state index in [4.69, 9.17) is 0 Å². The molecule has 0 heterocycles. The lowest BCUT2D eigenvalue weighted by Gasteiger charge is -2.44. The lowest BCUT2D eigenvalue weighted by Crippen LogP contribution is -2.48. The van der Waals surface area contributed by atoms with Gasteiger partial charge in [-0.2, -0.15) is 0 Å². The van der Waals surface area contributed by atoms with Gasteiger partial charge in [-0.1, -0.05) is 33.6 Å². The third kappa shape index (κ3) is 5.22. The van der Waals surface area contributed by atoms with Crippen molar-refractivity contribution in [3.8, 4) is 0 Å². The normalized spacial score (nSPS) is 37.0. The minimum atomic E-state index is -0.0181. The van der Waals surface area contributed by atoms with Crippen LogP contribution >= 0.6 is 0 Å². The lowest BCUT2D eigenvalue weighted by molar-refractivity contribution is 0.0161. The second kappa shape index (κ2) is 7.43. The summed E-state index contributed by atoms with van der Waals surface area (Å²) in [5, 5.41) is 13.1. The van der Waals surface area contributed by atoms with Gasteiger partial charge in [0.2, 0.25) is 0 Å². The van der Waals surface area contributed by atoms with Crippen molar-refractivity contribution in [2.45, 2.75) is 71.4 Å². The second-order valence-electron chi connectivity index (χ2n) is 8.41. The van der Waals surface area contributed by atoms with Gasteiger partial charge in [-0.05, 0) is 50.0 Å². The van der Waals surface area contributed by atoms with Crippen LogP contribution in [0.3, 0.4) is 0 Å². The average Bonchev–Trinajstić information content (AvgIpc) is 2.38. The Hall–Kier alpha value is -0.120. The molecule has 0 amide bonds. The van der Waals surface area contributed by atoms with E-state index < -0.39 is 0 Å². The minimum Gasteiger partial charge on any atom is -0.393 e. The van der Waals surface area contributed by atoms with Crippen molar-refractivity contribution in [2.75, 3.05) is 26.7 Å². The van der Waals surface area contributed by atoms with Crippen LogP contribution in [0.15, 0.2) is 0 Å². The summed E-state index contributed by atoms with van der Waals surface area (Å²) in [7, 11) is 2.28. The van der Waals surface area contributed by atoms with E-state index >= 15 is 0 Å². The highest BCUT2D eigenvalue weighted by atomic mass is 16.3. The number of hydrogen-bond acceptors (Lipinski definition) is 3. The Morgan fingerprint density at radius 3 is 2.38 bits per heavy atom. The van der Waals surface area contributed by atoms with Crippen LogP contribution in [0, 0.1) is 17.3 Å². The third-order valence-electron chi connectivity index (χ3n) is 5.61. The fourth-order valence-electron chi connectivity index (χ4n) is 4.11. The monoisotopic (exact) mass is 296 g/mol. The standard InChI is InChI=1S/C18H36N2O/c1-14(2)19-12-18(7-5-15(3)6-8-18)13-20(4)11-16-9-17(21)10-16/h14-17,19,21H,5-13H2,1-4H3. The van der Waals surface area contributed by atoms with E-state index in [-0.39, 0.29) is 6.10 Å². The number of rotatable bonds is 7. The Bertz CT molecular complexity index is 304. The summed E-state index contributed by atoms with van der Waals surface area (Å²) in [4.78, 5) is 2.54. The molecule has 2 aliphatic rings. The molecule has 0 bridgehead atoms. The van der Waals surface area contributed by atoms with E-state index in [0.29, 0.717) is 11.5 Å². The Balaban J connectivity index is 1.85. The molecular formula is C18H36N2O. The molecule has 2 aliphatic carbocycles. The highest BCUT2D eigenvalue weighted by molar-refractivity contribution is 4.90. The van der Waals surface area contributed by atoms with Gasteiger partial charge in [0, 0.05) is 25.7 Å². The molecule has 3 nitrogen and oxygen atoms in total. The lowest BCUT2D eigenvalue weighted by atomic mass is 9.70. The smallest absolute Gasteiger partial charge is 0.0546 e. The molecule has 124 valence electrons. The third-order valence-corrected chi connectivity index (χ3v) is 5.61. The molecule has 0 saturated heterocycles. The van der Waals surface area contributed by atoms with Crippen molar-refractivity contribution >= 4 is 0 Å². The van der Waals surface area contributed by atoms with Crippen LogP contribution in [0.1, 0.15) is 59.3 Å². The van der Waals surface area contributed by atoms with Crippen molar-refractivity contribution < 1.29 is 5.11 Å². The summed E-state index contributed by atoms with van der Waals surface area (Å²) >= 11 is 0. The van der Waals surface area contributed by atoms with Crippen LogP contribution < -0.4 is 5.32 Å². The van der Waals surface area contributed by atoms with Gasteiger partial charge in [-0.15, -0.1) is 0 Å². The largest absolute Gasteiger partial charge is 0.393 e. The quantitative estimate of drug-likeness (QED) is 0.758. The zero-order valence-corrected chi connectivity index (χ0v) is 14.6. The van der Waals surface area contributed by atoms with E-state index in [1.54, 1.807) is 0 Å².